The molecule has 2 aromatic rings. The standard InChI is InChI=1S/C27H35BrN6O6/c1-26(2,3)39-24(37)33-23(34-25(38)40-27(4,5)6)29-11-7-8-18-21(35)32-20(22(36)31-18)12-15-14-30-19-13-16(28)9-10-17(15)19/h9-10,12-14,18,30H,7-8,11H2,1-6H3,(H,31,36)(H,32,35)(H2,29,33,34,37,38)/b20-12+/t18-/m0/s1. The Hall–Kier alpha value is -3.87. The molecule has 3 rings (SSSR count). The van der Waals surface area contributed by atoms with E-state index in [9.17, 15) is 19.2 Å². The topological polar surface area (TPSA) is 163 Å². The van der Waals surface area contributed by atoms with Gasteiger partial charge in [-0.15, -0.1) is 0 Å². The number of H-pyrrole nitrogens is 1. The van der Waals surface area contributed by atoms with Crippen LogP contribution in [0.25, 0.3) is 17.0 Å². The number of carbonyl (C=O) groups is 4. The zero-order valence-electron chi connectivity index (χ0n) is 23.4. The fourth-order valence-electron chi connectivity index (χ4n) is 3.68. The van der Waals surface area contributed by atoms with E-state index < -0.39 is 35.3 Å². The predicted octanol–water partition coefficient (Wildman–Crippen LogP) is 4.07. The van der Waals surface area contributed by atoms with Crippen LogP contribution in [0.2, 0.25) is 0 Å². The van der Waals surface area contributed by atoms with Crippen molar-refractivity contribution < 1.29 is 28.7 Å². The van der Waals surface area contributed by atoms with Crippen LogP contribution in [0.4, 0.5) is 9.59 Å². The second kappa shape index (κ2) is 12.5. The first-order valence-electron chi connectivity index (χ1n) is 12.7. The lowest BCUT2D eigenvalue weighted by Crippen LogP contribution is -2.54. The predicted molar refractivity (Wildman–Crippen MR) is 154 cm³/mol. The molecule has 1 atom stereocenters. The number of guanidine groups is 1. The molecule has 1 aliphatic rings. The summed E-state index contributed by atoms with van der Waals surface area (Å²) in [5, 5.41) is 11.1. The number of aromatic amines is 1. The van der Waals surface area contributed by atoms with Gasteiger partial charge in [-0.1, -0.05) is 22.0 Å². The Balaban J connectivity index is 1.60. The van der Waals surface area contributed by atoms with Crippen molar-refractivity contribution in [2.24, 2.45) is 4.99 Å². The van der Waals surface area contributed by atoms with Crippen LogP contribution in [0, 0.1) is 0 Å². The van der Waals surface area contributed by atoms with Crippen molar-refractivity contribution in [1.82, 2.24) is 26.3 Å². The molecule has 5 N–H and O–H groups in total. The monoisotopic (exact) mass is 618 g/mol. The van der Waals surface area contributed by atoms with E-state index in [2.05, 4.69) is 47.2 Å². The minimum Gasteiger partial charge on any atom is -0.444 e. The molecular formula is C27H35BrN6O6. The van der Waals surface area contributed by atoms with Crippen LogP contribution in [0.3, 0.4) is 0 Å². The molecule has 0 saturated carbocycles. The van der Waals surface area contributed by atoms with E-state index in [0.717, 1.165) is 20.9 Å². The number of rotatable bonds is 5. The van der Waals surface area contributed by atoms with Crippen LogP contribution in [0.1, 0.15) is 59.9 Å². The summed E-state index contributed by atoms with van der Waals surface area (Å²) in [6.45, 7) is 10.3. The molecule has 13 heteroatoms. The zero-order chi connectivity index (χ0) is 29.7. The van der Waals surface area contributed by atoms with Crippen molar-refractivity contribution in [1.29, 1.82) is 0 Å². The number of piperazine rings is 1. The van der Waals surface area contributed by atoms with E-state index in [0.29, 0.717) is 6.42 Å². The second-order valence-corrected chi connectivity index (χ2v) is 12.0. The second-order valence-electron chi connectivity index (χ2n) is 11.1. The summed E-state index contributed by atoms with van der Waals surface area (Å²) in [7, 11) is 0. The Morgan fingerprint density at radius 3 is 2.27 bits per heavy atom. The molecule has 1 aliphatic heterocycles. The summed E-state index contributed by atoms with van der Waals surface area (Å²) in [5.74, 6) is -0.911. The Morgan fingerprint density at radius 2 is 1.68 bits per heavy atom. The zero-order valence-corrected chi connectivity index (χ0v) is 24.9. The van der Waals surface area contributed by atoms with Crippen molar-refractivity contribution in [2.75, 3.05) is 6.54 Å². The molecule has 4 amide bonds. The normalized spacial score (nSPS) is 16.7. The highest BCUT2D eigenvalue weighted by Crippen LogP contribution is 2.24. The van der Waals surface area contributed by atoms with Crippen LogP contribution in [-0.4, -0.2) is 58.7 Å². The van der Waals surface area contributed by atoms with Gasteiger partial charge in [0.15, 0.2) is 0 Å². The maximum absolute atomic E-state index is 12.7. The molecule has 1 aromatic heterocycles. The molecular weight excluding hydrogens is 584 g/mol. The number of hydrogen-bond donors (Lipinski definition) is 5. The van der Waals surface area contributed by atoms with E-state index in [1.54, 1.807) is 53.8 Å². The van der Waals surface area contributed by atoms with Crippen molar-refractivity contribution in [3.8, 4) is 0 Å². The van der Waals surface area contributed by atoms with Crippen LogP contribution >= 0.6 is 15.9 Å². The number of alkyl carbamates (subject to hydrolysis) is 2. The number of hydrogen-bond acceptors (Lipinski definition) is 7. The lowest BCUT2D eigenvalue weighted by Gasteiger charge is -2.25. The Kier molecular flexibility index (Phi) is 9.61. The molecule has 1 saturated heterocycles. The quantitative estimate of drug-likeness (QED) is 0.147. The van der Waals surface area contributed by atoms with Crippen molar-refractivity contribution in [3.63, 3.8) is 0 Å². The van der Waals surface area contributed by atoms with Gasteiger partial charge < -0.3 is 25.1 Å². The maximum atomic E-state index is 12.7. The van der Waals surface area contributed by atoms with Crippen LogP contribution in [0.5, 0.6) is 0 Å². The average molecular weight is 620 g/mol. The van der Waals surface area contributed by atoms with Gasteiger partial charge in [0.05, 0.1) is 0 Å². The number of aromatic nitrogens is 1. The molecule has 1 aromatic carbocycles. The number of nitrogens with zero attached hydrogens (tertiary/aromatic N) is 1. The van der Waals surface area contributed by atoms with Gasteiger partial charge >= 0.3 is 12.2 Å². The minimum absolute atomic E-state index is 0.133. The SMILES string of the molecule is CC(C)(C)OC(=O)NC(=NCCC[C@@H]1NC(=O)/C(=C\c2c[nH]c3cc(Br)ccc23)NC1=O)NC(=O)OC(C)(C)C. The van der Waals surface area contributed by atoms with E-state index in [1.165, 1.54) is 0 Å². The summed E-state index contributed by atoms with van der Waals surface area (Å²) in [4.78, 5) is 57.2. The maximum Gasteiger partial charge on any atom is 0.414 e. The molecule has 2 heterocycles. The number of amides is 4. The van der Waals surface area contributed by atoms with Gasteiger partial charge in [-0.25, -0.2) is 9.59 Å². The van der Waals surface area contributed by atoms with Gasteiger partial charge in [0, 0.05) is 33.7 Å². The molecule has 1 fully saturated rings. The summed E-state index contributed by atoms with van der Waals surface area (Å²) in [6, 6.07) is 4.97. The van der Waals surface area contributed by atoms with Gasteiger partial charge in [0.1, 0.15) is 22.9 Å². The average Bonchev–Trinajstić information content (AvgIpc) is 3.18. The van der Waals surface area contributed by atoms with Gasteiger partial charge in [-0.3, -0.25) is 25.2 Å². The largest absolute Gasteiger partial charge is 0.444 e. The van der Waals surface area contributed by atoms with Gasteiger partial charge in [-0.05, 0) is 72.6 Å². The van der Waals surface area contributed by atoms with Crippen LogP contribution in [0.15, 0.2) is 39.6 Å². The fraction of sp³-hybridized carbons (Fsp3) is 0.444. The third-order valence-corrected chi connectivity index (χ3v) is 5.75. The third-order valence-electron chi connectivity index (χ3n) is 5.26. The van der Waals surface area contributed by atoms with E-state index >= 15 is 0 Å². The first kappa shape index (κ1) is 30.7. The number of carbonyl (C=O) groups excluding carboxylic acids is 4. The van der Waals surface area contributed by atoms with E-state index in [1.807, 2.05) is 18.2 Å². The highest BCUT2D eigenvalue weighted by atomic mass is 79.9. The first-order valence-corrected chi connectivity index (χ1v) is 13.5. The summed E-state index contributed by atoms with van der Waals surface area (Å²) >= 11 is 3.43. The van der Waals surface area contributed by atoms with Gasteiger partial charge in [0.25, 0.3) is 5.91 Å². The number of fused-ring (bicyclic) bond motifs is 1. The molecule has 12 nitrogen and oxygen atoms in total. The van der Waals surface area contributed by atoms with E-state index in [-0.39, 0.29) is 30.5 Å². The van der Waals surface area contributed by atoms with E-state index in [4.69, 9.17) is 9.47 Å². The molecule has 0 aliphatic carbocycles. The Bertz CT molecular complexity index is 1320. The third kappa shape index (κ3) is 9.40. The summed E-state index contributed by atoms with van der Waals surface area (Å²) < 4.78 is 11.4. The fourth-order valence-corrected chi connectivity index (χ4v) is 4.04. The highest BCUT2D eigenvalue weighted by Gasteiger charge is 2.29. The first-order chi connectivity index (χ1) is 18.6. The van der Waals surface area contributed by atoms with Crippen molar-refractivity contribution >= 4 is 62.9 Å². The molecule has 216 valence electrons. The molecule has 40 heavy (non-hydrogen) atoms. The molecule has 0 radical (unpaired) electrons. The number of nitrogens with one attached hydrogen (secondary N) is 5. The molecule has 0 unspecified atom stereocenters. The number of halogens is 1. The molecule has 0 bridgehead atoms. The van der Waals surface area contributed by atoms with Crippen molar-refractivity contribution in [3.05, 3.63) is 40.1 Å². The van der Waals surface area contributed by atoms with Crippen molar-refractivity contribution in [2.45, 2.75) is 71.6 Å². The van der Waals surface area contributed by atoms with Gasteiger partial charge in [-0.2, -0.15) is 0 Å². The number of aliphatic imine (C=N–C) groups is 1. The highest BCUT2D eigenvalue weighted by molar-refractivity contribution is 9.10. The van der Waals surface area contributed by atoms with Gasteiger partial charge in [0.2, 0.25) is 11.9 Å². The summed E-state index contributed by atoms with van der Waals surface area (Å²) in [6.07, 6.45) is 2.43. The molecule has 0 spiro atoms. The Labute approximate surface area is 240 Å². The smallest absolute Gasteiger partial charge is 0.414 e. The van der Waals surface area contributed by atoms with Crippen LogP contribution < -0.4 is 21.3 Å². The number of benzene rings is 1. The number of ether oxygens (including phenoxy) is 2. The lowest BCUT2D eigenvalue weighted by molar-refractivity contribution is -0.131. The Morgan fingerprint density at radius 1 is 1.05 bits per heavy atom. The minimum atomic E-state index is -0.802. The van der Waals surface area contributed by atoms with Crippen LogP contribution in [-0.2, 0) is 19.1 Å². The summed E-state index contributed by atoms with van der Waals surface area (Å²) in [5.41, 5.74) is 0.291. The lowest BCUT2D eigenvalue weighted by atomic mass is 10.1.